The summed E-state index contributed by atoms with van der Waals surface area (Å²) in [7, 11) is 0. The van der Waals surface area contributed by atoms with Crippen molar-refractivity contribution in [2.45, 2.75) is 25.8 Å². The van der Waals surface area contributed by atoms with Crippen LogP contribution in [-0.2, 0) is 20.8 Å². The van der Waals surface area contributed by atoms with Crippen LogP contribution in [0.15, 0.2) is 29.6 Å². The normalized spacial score (nSPS) is 17.4. The van der Waals surface area contributed by atoms with E-state index in [2.05, 4.69) is 10.3 Å². The predicted molar refractivity (Wildman–Crippen MR) is 89.2 cm³/mol. The summed E-state index contributed by atoms with van der Waals surface area (Å²) in [6.07, 6.45) is -0.196. The van der Waals surface area contributed by atoms with Gasteiger partial charge in [0.2, 0.25) is 5.91 Å². The highest BCUT2D eigenvalue weighted by Gasteiger charge is 2.41. The van der Waals surface area contributed by atoms with E-state index in [0.717, 1.165) is 27.5 Å². The van der Waals surface area contributed by atoms with Crippen LogP contribution in [0.5, 0.6) is 0 Å². The fourth-order valence-electron chi connectivity index (χ4n) is 2.52. The van der Waals surface area contributed by atoms with Gasteiger partial charge in [-0.15, -0.1) is 11.3 Å². The monoisotopic (exact) mass is 345 g/mol. The molecule has 124 valence electrons. The second kappa shape index (κ2) is 6.40. The SMILES string of the molecule is Cc1cccc(NC2CC(=O)N(c3nc(CC(=O)O)cs3)C2=O)c1. The number of carboxylic acid groups (broad SMARTS) is 1. The van der Waals surface area contributed by atoms with E-state index < -0.39 is 12.0 Å². The number of nitrogens with zero attached hydrogens (tertiary/aromatic N) is 2. The number of carbonyl (C=O) groups is 3. The number of aromatic nitrogens is 1. The predicted octanol–water partition coefficient (Wildman–Crippen LogP) is 1.82. The third-order valence-corrected chi connectivity index (χ3v) is 4.44. The van der Waals surface area contributed by atoms with Gasteiger partial charge in [0.25, 0.3) is 5.91 Å². The molecule has 1 aliphatic rings. The van der Waals surface area contributed by atoms with Gasteiger partial charge in [0.1, 0.15) is 6.04 Å². The molecule has 0 radical (unpaired) electrons. The van der Waals surface area contributed by atoms with E-state index in [-0.39, 0.29) is 29.8 Å². The molecule has 1 saturated heterocycles. The molecule has 8 heteroatoms. The van der Waals surface area contributed by atoms with Crippen LogP contribution >= 0.6 is 11.3 Å². The Morgan fingerprint density at radius 2 is 2.25 bits per heavy atom. The van der Waals surface area contributed by atoms with Crippen molar-refractivity contribution in [2.75, 3.05) is 10.2 Å². The summed E-state index contributed by atoms with van der Waals surface area (Å²) in [5.74, 6) is -1.73. The molecule has 1 aliphatic heterocycles. The Balaban J connectivity index is 1.76. The number of imide groups is 1. The number of amides is 2. The summed E-state index contributed by atoms with van der Waals surface area (Å²) < 4.78 is 0. The van der Waals surface area contributed by atoms with Gasteiger partial charge in [-0.2, -0.15) is 0 Å². The molecule has 1 fully saturated rings. The zero-order valence-corrected chi connectivity index (χ0v) is 13.7. The standard InChI is InChI=1S/C16H15N3O4S/c1-9-3-2-4-10(5-9)17-12-7-13(20)19(15(12)23)16-18-11(8-24-16)6-14(21)22/h2-5,8,12,17H,6-7H2,1H3,(H,21,22). The first kappa shape index (κ1) is 16.1. The first-order valence-electron chi connectivity index (χ1n) is 7.30. The molecule has 1 atom stereocenters. The molecule has 0 aliphatic carbocycles. The van der Waals surface area contributed by atoms with Gasteiger partial charge in [0, 0.05) is 11.1 Å². The maximum atomic E-state index is 12.5. The quantitative estimate of drug-likeness (QED) is 0.802. The lowest BCUT2D eigenvalue weighted by atomic mass is 10.2. The zero-order valence-electron chi connectivity index (χ0n) is 12.9. The zero-order chi connectivity index (χ0) is 17.3. The lowest BCUT2D eigenvalue weighted by Gasteiger charge is -2.14. The van der Waals surface area contributed by atoms with Crippen molar-refractivity contribution in [2.24, 2.45) is 0 Å². The number of hydrogen-bond donors (Lipinski definition) is 2. The number of aliphatic carboxylic acids is 1. The minimum absolute atomic E-state index is 0.0423. The van der Waals surface area contributed by atoms with Crippen LogP contribution in [-0.4, -0.2) is 33.9 Å². The Bertz CT molecular complexity index is 817. The minimum atomic E-state index is -1.01. The molecule has 1 aromatic carbocycles. The average Bonchev–Trinajstić information content (AvgIpc) is 3.04. The molecule has 2 amide bonds. The maximum Gasteiger partial charge on any atom is 0.309 e. The summed E-state index contributed by atoms with van der Waals surface area (Å²) in [6, 6.07) is 6.90. The van der Waals surface area contributed by atoms with E-state index in [9.17, 15) is 14.4 Å². The molecular weight excluding hydrogens is 330 g/mol. The highest BCUT2D eigenvalue weighted by Crippen LogP contribution is 2.28. The molecule has 1 aromatic heterocycles. The van der Waals surface area contributed by atoms with E-state index >= 15 is 0 Å². The van der Waals surface area contributed by atoms with Crippen molar-refractivity contribution in [1.82, 2.24) is 4.98 Å². The number of carbonyl (C=O) groups excluding carboxylic acids is 2. The molecule has 0 bridgehead atoms. The van der Waals surface area contributed by atoms with Gasteiger partial charge >= 0.3 is 5.97 Å². The fraction of sp³-hybridized carbons (Fsp3) is 0.250. The van der Waals surface area contributed by atoms with Gasteiger partial charge in [-0.1, -0.05) is 12.1 Å². The summed E-state index contributed by atoms with van der Waals surface area (Å²) in [5, 5.41) is 13.6. The molecule has 24 heavy (non-hydrogen) atoms. The van der Waals surface area contributed by atoms with Crippen molar-refractivity contribution < 1.29 is 19.5 Å². The van der Waals surface area contributed by atoms with Crippen molar-refractivity contribution in [3.63, 3.8) is 0 Å². The molecular formula is C16H15N3O4S. The van der Waals surface area contributed by atoms with Crippen molar-refractivity contribution in [3.05, 3.63) is 40.9 Å². The summed E-state index contributed by atoms with van der Waals surface area (Å²) in [4.78, 5) is 40.6. The number of nitrogens with one attached hydrogen (secondary N) is 1. The number of hydrogen-bond acceptors (Lipinski definition) is 6. The Labute approximate surface area is 141 Å². The lowest BCUT2D eigenvalue weighted by molar-refractivity contribution is -0.136. The van der Waals surface area contributed by atoms with Crippen molar-refractivity contribution in [3.8, 4) is 0 Å². The van der Waals surface area contributed by atoms with Gasteiger partial charge in [-0.3, -0.25) is 14.4 Å². The molecule has 3 rings (SSSR count). The fourth-order valence-corrected chi connectivity index (χ4v) is 3.36. The maximum absolute atomic E-state index is 12.5. The summed E-state index contributed by atoms with van der Waals surface area (Å²) in [5.41, 5.74) is 2.15. The van der Waals surface area contributed by atoms with E-state index in [0.29, 0.717) is 5.69 Å². The molecule has 1 unspecified atom stereocenters. The average molecular weight is 345 g/mol. The highest BCUT2D eigenvalue weighted by molar-refractivity contribution is 7.14. The number of benzene rings is 1. The number of anilines is 2. The molecule has 0 saturated carbocycles. The van der Waals surface area contributed by atoms with Gasteiger partial charge in [-0.05, 0) is 24.6 Å². The number of thiazole rings is 1. The van der Waals surface area contributed by atoms with E-state index in [4.69, 9.17) is 5.11 Å². The first-order chi connectivity index (χ1) is 11.4. The van der Waals surface area contributed by atoms with Crippen molar-refractivity contribution >= 4 is 39.9 Å². The van der Waals surface area contributed by atoms with Crippen LogP contribution in [0.4, 0.5) is 10.8 Å². The molecule has 0 spiro atoms. The van der Waals surface area contributed by atoms with Gasteiger partial charge in [-0.25, -0.2) is 9.88 Å². The summed E-state index contributed by atoms with van der Waals surface area (Å²) >= 11 is 1.09. The third-order valence-electron chi connectivity index (χ3n) is 3.57. The molecule has 2 heterocycles. The molecule has 7 nitrogen and oxygen atoms in total. The van der Waals surface area contributed by atoms with Crippen LogP contribution in [0.2, 0.25) is 0 Å². The van der Waals surface area contributed by atoms with Crippen LogP contribution in [0.1, 0.15) is 17.7 Å². The van der Waals surface area contributed by atoms with E-state index in [1.807, 2.05) is 31.2 Å². The van der Waals surface area contributed by atoms with Crippen molar-refractivity contribution in [1.29, 1.82) is 0 Å². The first-order valence-corrected chi connectivity index (χ1v) is 8.18. The second-order valence-electron chi connectivity index (χ2n) is 5.53. The minimum Gasteiger partial charge on any atom is -0.481 e. The number of rotatable bonds is 5. The number of carboxylic acids is 1. The van der Waals surface area contributed by atoms with Gasteiger partial charge < -0.3 is 10.4 Å². The van der Waals surface area contributed by atoms with Gasteiger partial charge in [0.15, 0.2) is 5.13 Å². The largest absolute Gasteiger partial charge is 0.481 e. The Morgan fingerprint density at radius 3 is 2.96 bits per heavy atom. The van der Waals surface area contributed by atoms with Crippen LogP contribution in [0.25, 0.3) is 0 Å². The highest BCUT2D eigenvalue weighted by atomic mass is 32.1. The molecule has 2 N–H and O–H groups in total. The Morgan fingerprint density at radius 1 is 1.46 bits per heavy atom. The second-order valence-corrected chi connectivity index (χ2v) is 6.37. The Hall–Kier alpha value is -2.74. The molecule has 2 aromatic rings. The van der Waals surface area contributed by atoms with E-state index in [1.165, 1.54) is 0 Å². The van der Waals surface area contributed by atoms with Crippen LogP contribution in [0.3, 0.4) is 0 Å². The topological polar surface area (TPSA) is 99.6 Å². The summed E-state index contributed by atoms with van der Waals surface area (Å²) in [6.45, 7) is 1.94. The van der Waals surface area contributed by atoms with Crippen LogP contribution in [0, 0.1) is 6.92 Å². The Kier molecular flexibility index (Phi) is 4.30. The smallest absolute Gasteiger partial charge is 0.309 e. The van der Waals surface area contributed by atoms with E-state index in [1.54, 1.807) is 5.38 Å². The number of aryl methyl sites for hydroxylation is 1. The lowest BCUT2D eigenvalue weighted by Crippen LogP contribution is -2.34. The van der Waals surface area contributed by atoms with Crippen LogP contribution < -0.4 is 10.2 Å². The third kappa shape index (κ3) is 3.28. The van der Waals surface area contributed by atoms with Gasteiger partial charge in [0.05, 0.1) is 18.5 Å².